The summed E-state index contributed by atoms with van der Waals surface area (Å²) in [7, 11) is 0. The summed E-state index contributed by atoms with van der Waals surface area (Å²) in [6.45, 7) is 11.4. The number of aromatic nitrogens is 4. The summed E-state index contributed by atoms with van der Waals surface area (Å²) >= 11 is 2.81. The third-order valence-electron chi connectivity index (χ3n) is 4.46. The van der Waals surface area contributed by atoms with Gasteiger partial charge in [-0.05, 0) is 43.9 Å². The number of amides is 1. The average Bonchev–Trinajstić information content (AvgIpc) is 3.29. The van der Waals surface area contributed by atoms with Gasteiger partial charge in [-0.3, -0.25) is 4.79 Å². The van der Waals surface area contributed by atoms with Crippen LogP contribution < -0.4 is 10.1 Å². The molecule has 9 heteroatoms. The molecule has 2 heterocycles. The first-order chi connectivity index (χ1) is 14.4. The Hall–Kier alpha value is -2.39. The molecule has 3 aromatic rings. The lowest BCUT2D eigenvalue weighted by molar-refractivity contribution is -0.113. The third kappa shape index (κ3) is 5.60. The molecule has 1 amide bonds. The average molecular weight is 446 g/mol. The van der Waals surface area contributed by atoms with Crippen molar-refractivity contribution >= 4 is 34.1 Å². The van der Waals surface area contributed by atoms with Crippen molar-refractivity contribution in [1.29, 1.82) is 0 Å². The molecular weight excluding hydrogens is 418 g/mol. The van der Waals surface area contributed by atoms with E-state index < -0.39 is 0 Å². The fraction of sp³-hybridized carbons (Fsp3) is 0.429. The van der Waals surface area contributed by atoms with Crippen LogP contribution in [0.2, 0.25) is 0 Å². The number of hydrogen-bond donors (Lipinski definition) is 1. The first kappa shape index (κ1) is 22.3. The zero-order chi connectivity index (χ0) is 21.7. The van der Waals surface area contributed by atoms with Crippen LogP contribution in [0.25, 0.3) is 0 Å². The summed E-state index contributed by atoms with van der Waals surface area (Å²) in [5, 5.41) is 12.7. The van der Waals surface area contributed by atoms with Gasteiger partial charge in [-0.15, -0.1) is 21.5 Å². The third-order valence-corrected chi connectivity index (χ3v) is 6.25. The van der Waals surface area contributed by atoms with E-state index in [-0.39, 0.29) is 11.7 Å². The molecule has 0 spiro atoms. The summed E-state index contributed by atoms with van der Waals surface area (Å²) < 4.78 is 8.09. The quantitative estimate of drug-likeness (QED) is 0.476. The van der Waals surface area contributed by atoms with Gasteiger partial charge in [-0.25, -0.2) is 4.98 Å². The van der Waals surface area contributed by atoms with E-state index in [4.69, 9.17) is 4.74 Å². The van der Waals surface area contributed by atoms with Gasteiger partial charge in [-0.2, -0.15) is 0 Å². The van der Waals surface area contributed by atoms with Gasteiger partial charge in [-0.1, -0.05) is 37.7 Å². The van der Waals surface area contributed by atoms with Crippen LogP contribution in [-0.2, 0) is 17.9 Å². The number of ether oxygens (including phenoxy) is 1. The molecule has 0 saturated heterocycles. The molecule has 1 aromatic carbocycles. The second-order valence-corrected chi connectivity index (χ2v) is 9.42. The predicted octanol–water partition coefficient (Wildman–Crippen LogP) is 4.80. The molecule has 0 aliphatic rings. The van der Waals surface area contributed by atoms with E-state index in [2.05, 4.69) is 59.5 Å². The molecule has 3 rings (SSSR count). The Morgan fingerprint density at radius 1 is 1.30 bits per heavy atom. The molecule has 0 atom stereocenters. The minimum atomic E-state index is -0.112. The maximum absolute atomic E-state index is 12.2. The highest BCUT2D eigenvalue weighted by atomic mass is 32.2. The lowest BCUT2D eigenvalue weighted by Crippen LogP contribution is -2.14. The van der Waals surface area contributed by atoms with Gasteiger partial charge >= 0.3 is 0 Å². The van der Waals surface area contributed by atoms with Crippen LogP contribution in [0.1, 0.15) is 48.5 Å². The van der Waals surface area contributed by atoms with E-state index in [1.54, 1.807) is 6.20 Å². The van der Waals surface area contributed by atoms with Crippen molar-refractivity contribution < 1.29 is 9.53 Å². The van der Waals surface area contributed by atoms with Crippen LogP contribution in [0.4, 0.5) is 5.13 Å². The van der Waals surface area contributed by atoms with Gasteiger partial charge in [0.2, 0.25) is 5.91 Å². The second kappa shape index (κ2) is 10.1. The molecule has 0 aliphatic heterocycles. The van der Waals surface area contributed by atoms with Gasteiger partial charge < -0.3 is 14.6 Å². The van der Waals surface area contributed by atoms with Gasteiger partial charge in [0.1, 0.15) is 12.4 Å². The van der Waals surface area contributed by atoms with E-state index in [1.165, 1.54) is 28.7 Å². The first-order valence-electron chi connectivity index (χ1n) is 9.87. The highest BCUT2D eigenvalue weighted by molar-refractivity contribution is 7.99. The number of rotatable bonds is 9. The number of benzene rings is 1. The largest absolute Gasteiger partial charge is 0.485 e. The number of thiazole rings is 1. The van der Waals surface area contributed by atoms with Crippen LogP contribution in [-0.4, -0.2) is 31.4 Å². The van der Waals surface area contributed by atoms with E-state index in [1.807, 2.05) is 18.4 Å². The van der Waals surface area contributed by atoms with Gasteiger partial charge in [0, 0.05) is 17.6 Å². The Bertz CT molecular complexity index is 1010. The second-order valence-electron chi connectivity index (χ2n) is 7.24. The van der Waals surface area contributed by atoms with Crippen molar-refractivity contribution in [3.63, 3.8) is 0 Å². The van der Waals surface area contributed by atoms with Crippen molar-refractivity contribution in [2.24, 2.45) is 0 Å². The number of carbonyl (C=O) groups excluding carboxylic acids is 1. The number of nitrogens with zero attached hydrogens (tertiary/aromatic N) is 4. The van der Waals surface area contributed by atoms with E-state index >= 15 is 0 Å². The van der Waals surface area contributed by atoms with E-state index in [0.29, 0.717) is 29.4 Å². The van der Waals surface area contributed by atoms with Crippen molar-refractivity contribution in [3.8, 4) is 5.75 Å². The number of aryl methyl sites for hydroxylation is 2. The van der Waals surface area contributed by atoms with Gasteiger partial charge in [0.25, 0.3) is 0 Å². The number of nitrogens with one attached hydrogen (secondary N) is 1. The summed E-state index contributed by atoms with van der Waals surface area (Å²) in [5.74, 6) is 2.12. The molecule has 7 nitrogen and oxygen atoms in total. The van der Waals surface area contributed by atoms with Crippen molar-refractivity contribution in [2.75, 3.05) is 11.1 Å². The van der Waals surface area contributed by atoms with Crippen molar-refractivity contribution in [1.82, 2.24) is 19.7 Å². The summed E-state index contributed by atoms with van der Waals surface area (Å²) in [4.78, 5) is 17.4. The Morgan fingerprint density at radius 3 is 2.77 bits per heavy atom. The molecule has 0 radical (unpaired) electrons. The molecule has 0 bridgehead atoms. The zero-order valence-electron chi connectivity index (χ0n) is 17.9. The lowest BCUT2D eigenvalue weighted by atomic mass is 10.0. The lowest BCUT2D eigenvalue weighted by Gasteiger charge is -2.15. The summed E-state index contributed by atoms with van der Waals surface area (Å²) in [5.41, 5.74) is 2.33. The smallest absolute Gasteiger partial charge is 0.236 e. The fourth-order valence-corrected chi connectivity index (χ4v) is 4.44. The Morgan fingerprint density at radius 2 is 2.10 bits per heavy atom. The monoisotopic (exact) mass is 445 g/mol. The number of carbonyl (C=O) groups is 1. The Labute approximate surface area is 185 Å². The molecule has 2 aromatic heterocycles. The topological polar surface area (TPSA) is 81.9 Å². The van der Waals surface area contributed by atoms with E-state index in [0.717, 1.165) is 22.0 Å². The molecular formula is C21H27N5O2S2. The van der Waals surface area contributed by atoms with Crippen LogP contribution >= 0.6 is 23.1 Å². The van der Waals surface area contributed by atoms with Gasteiger partial charge in [0.05, 0.1) is 5.75 Å². The van der Waals surface area contributed by atoms with Crippen LogP contribution in [0, 0.1) is 13.8 Å². The molecule has 30 heavy (non-hydrogen) atoms. The summed E-state index contributed by atoms with van der Waals surface area (Å²) in [6, 6.07) is 6.27. The first-order valence-corrected chi connectivity index (χ1v) is 11.7. The number of hydrogen-bond acceptors (Lipinski definition) is 7. The minimum absolute atomic E-state index is 0.112. The standard InChI is InChI=1S/C21H27N5O2S2/c1-6-26-18(11-28-17-9-14(4)7-8-16(17)13(2)3)24-25-21(26)29-12-19(27)23-20-22-10-15(5)30-20/h7-10,13H,6,11-12H2,1-5H3,(H,22,23,27). The van der Waals surface area contributed by atoms with Crippen LogP contribution in [0.15, 0.2) is 29.6 Å². The minimum Gasteiger partial charge on any atom is -0.485 e. The Balaban J connectivity index is 1.63. The maximum Gasteiger partial charge on any atom is 0.236 e. The van der Waals surface area contributed by atoms with E-state index in [9.17, 15) is 4.79 Å². The van der Waals surface area contributed by atoms with Gasteiger partial charge in [0.15, 0.2) is 16.1 Å². The molecule has 0 aliphatic carbocycles. The molecule has 0 saturated carbocycles. The highest BCUT2D eigenvalue weighted by Gasteiger charge is 2.16. The highest BCUT2D eigenvalue weighted by Crippen LogP contribution is 2.28. The summed E-state index contributed by atoms with van der Waals surface area (Å²) in [6.07, 6.45) is 1.74. The molecule has 0 fully saturated rings. The molecule has 160 valence electrons. The maximum atomic E-state index is 12.2. The van der Waals surface area contributed by atoms with Crippen molar-refractivity contribution in [3.05, 3.63) is 46.2 Å². The van der Waals surface area contributed by atoms with Crippen molar-refractivity contribution in [2.45, 2.75) is 58.8 Å². The molecule has 0 unspecified atom stereocenters. The zero-order valence-corrected chi connectivity index (χ0v) is 19.6. The fourth-order valence-electron chi connectivity index (χ4n) is 2.93. The SMILES string of the molecule is CCn1c(COc2cc(C)ccc2C(C)C)nnc1SCC(=O)Nc1ncc(C)s1. The Kier molecular flexibility index (Phi) is 7.49. The normalized spacial score (nSPS) is 11.1. The molecule has 1 N–H and O–H groups in total. The van der Waals surface area contributed by atoms with Crippen LogP contribution in [0.3, 0.4) is 0 Å². The predicted molar refractivity (Wildman–Crippen MR) is 122 cm³/mol. The number of thioether (sulfide) groups is 1. The number of anilines is 1. The van der Waals surface area contributed by atoms with Crippen LogP contribution in [0.5, 0.6) is 5.75 Å².